The van der Waals surface area contributed by atoms with Crippen LogP contribution in [0.5, 0.6) is 0 Å². The fourth-order valence-electron chi connectivity index (χ4n) is 32.6. The molecule has 14 unspecified atom stereocenters. The number of allylic oxidation sites excluding steroid dienone is 1. The predicted molar refractivity (Wildman–Crippen MR) is 543 cm³/mol. The molecule has 148 heavy (non-hydrogen) atoms. The first-order chi connectivity index (χ1) is 70.0. The molecule has 20 fully saturated rings. The zero-order valence-corrected chi connectivity index (χ0v) is 89.3. The highest BCUT2D eigenvalue weighted by molar-refractivity contribution is 6.63. The van der Waals surface area contributed by atoms with Crippen molar-refractivity contribution >= 4 is 109 Å². The number of aryl methyl sites for hydroxylation is 1. The van der Waals surface area contributed by atoms with Crippen LogP contribution in [0.1, 0.15) is 249 Å². The molecule has 14 bridgehead atoms. The van der Waals surface area contributed by atoms with Crippen LogP contribution in [0, 0.1) is 101 Å². The highest BCUT2D eigenvalue weighted by Gasteiger charge is 2.85. The summed E-state index contributed by atoms with van der Waals surface area (Å²) in [5.74, 6) is -2.15. The summed E-state index contributed by atoms with van der Waals surface area (Å²) in [5, 5.41) is 96.2. The van der Waals surface area contributed by atoms with Gasteiger partial charge in [-0.1, -0.05) is 230 Å². The number of halogens is 7. The molecule has 13 saturated carbocycles. The molecule has 802 valence electrons. The van der Waals surface area contributed by atoms with Gasteiger partial charge in [-0.2, -0.15) is 42.5 Å². The Morgan fingerprint density at radius 3 is 1.18 bits per heavy atom. The number of fused-ring (bicyclic) bond motifs is 2. The third kappa shape index (κ3) is 16.7. The zero-order valence-electron chi connectivity index (χ0n) is 86.3. The highest BCUT2D eigenvalue weighted by Crippen LogP contribution is 2.77. The number of rotatable bonds is 19. The molecule has 22 aliphatic rings. The second-order valence-corrected chi connectivity index (χ2v) is 50.3. The average Bonchev–Trinajstić information content (AvgIpc) is 0.977. The van der Waals surface area contributed by atoms with Gasteiger partial charge in [0.2, 0.25) is 0 Å². The van der Waals surface area contributed by atoms with Gasteiger partial charge in [-0.15, -0.1) is 23.2 Å². The second-order valence-electron chi connectivity index (χ2n) is 47.9. The minimum absolute atomic E-state index is 0.0634. The molecule has 28 rings (SSSR count). The van der Waals surface area contributed by atoms with Crippen molar-refractivity contribution < 1.29 is 150 Å². The van der Waals surface area contributed by atoms with Crippen LogP contribution >= 0.6 is 46.4 Å². The maximum Gasteiger partial charge on any atom is 0.489 e. The van der Waals surface area contributed by atoms with E-state index in [1.54, 1.807) is 112 Å². The van der Waals surface area contributed by atoms with Crippen molar-refractivity contribution in [2.75, 3.05) is 41.7 Å². The molecule has 10 N–H and O–H groups in total. The lowest BCUT2D eigenvalue weighted by atomic mass is 9.46. The van der Waals surface area contributed by atoms with Crippen LogP contribution in [0.15, 0.2) is 145 Å². The van der Waals surface area contributed by atoms with E-state index in [9.17, 15) is 63.4 Å². The number of benzene rings is 6. The van der Waals surface area contributed by atoms with E-state index in [0.29, 0.717) is 68.8 Å². The van der Waals surface area contributed by atoms with Gasteiger partial charge in [0.15, 0.2) is 33.6 Å². The summed E-state index contributed by atoms with van der Waals surface area (Å²) in [5.41, 5.74) is 6.09. The average molecular weight is 2140 g/mol. The molecule has 0 radical (unpaired) electrons. The molecule has 6 aromatic rings. The lowest BCUT2D eigenvalue weighted by molar-refractivity contribution is -0.650. The third-order valence-corrected chi connectivity index (χ3v) is 39.5. The van der Waals surface area contributed by atoms with E-state index in [4.69, 9.17) is 133 Å². The maximum atomic E-state index is 13.1. The molecule has 7 aliphatic heterocycles. The van der Waals surface area contributed by atoms with Crippen molar-refractivity contribution in [3.8, 4) is 0 Å². The first-order valence-corrected chi connectivity index (χ1v) is 54.2. The molecule has 7 heterocycles. The fourth-order valence-corrected chi connectivity index (χ4v) is 34.2. The molecule has 40 heteroatoms. The molecule has 15 aliphatic carbocycles. The Morgan fingerprint density at radius 1 is 0.405 bits per heavy atom. The van der Waals surface area contributed by atoms with E-state index in [1.807, 2.05) is 30.3 Å². The molecule has 0 amide bonds. The Morgan fingerprint density at radius 2 is 0.804 bits per heavy atom. The van der Waals surface area contributed by atoms with Gasteiger partial charge in [-0.3, -0.25) is 0 Å². The summed E-state index contributed by atoms with van der Waals surface area (Å²) >= 11 is 26.1. The molecule has 6 aromatic carbocycles. The van der Waals surface area contributed by atoms with Crippen LogP contribution in [-0.4, -0.2) is 177 Å². The number of methoxy groups -OCH3 is 4. The molecule has 4 spiro atoms. The zero-order chi connectivity index (χ0) is 106. The smallest absolute Gasteiger partial charge is 0.423 e. The summed E-state index contributed by atoms with van der Waals surface area (Å²) < 4.78 is 74.6. The quantitative estimate of drug-likeness (QED) is 0.0156. The second kappa shape index (κ2) is 39.7. The highest BCUT2D eigenvalue weighted by atomic mass is 35.5. The minimum Gasteiger partial charge on any atom is -0.423 e. The topological polar surface area (TPSA) is 368 Å². The van der Waals surface area contributed by atoms with E-state index < -0.39 is 117 Å². The Balaban J connectivity index is 0.000000108. The van der Waals surface area contributed by atoms with Gasteiger partial charge in [-0.25, -0.2) is 29.3 Å². The predicted octanol–water partition coefficient (Wildman–Crippen LogP) is 14.6. The molecule has 14 atom stereocenters. The van der Waals surface area contributed by atoms with Gasteiger partial charge >= 0.3 is 41.8 Å². The summed E-state index contributed by atoms with van der Waals surface area (Å²) in [7, 11) is -1.67. The van der Waals surface area contributed by atoms with Crippen LogP contribution in [0.2, 0.25) is 10.0 Å². The molecule has 0 aromatic heterocycles. The Hall–Kier alpha value is -4.79. The van der Waals surface area contributed by atoms with Crippen molar-refractivity contribution in [2.45, 2.75) is 301 Å². The SMILES string of the molecule is COC1(c2ccc(Cl)c(B(O)O)c2)OOC12C1CC3CC2CC(Cl)(C3)C1.COC1(c2ccc(Cl)c(B(O)O)c2)OOC12C1CCCC2C2=C(CCCC2)C1.COC1(c2cccc(B(O)O)c2)OOC1(C(C)C)C(C)C.COC1(c2cccc(B(O)O)c2)OOC12C1CC3CC2CC(Cl)(C3)C1.Cc1cccc(C23OCC(C)(C)C2(C(C)(C)C)OO3)c1.OB(O)c1cccc(C2(OCC(F)(F)F)OOC23C2CC4CC(C2)CC3C4)c1. The van der Waals surface area contributed by atoms with Crippen molar-refractivity contribution in [3.63, 3.8) is 0 Å². The van der Waals surface area contributed by atoms with Gasteiger partial charge in [0.1, 0.15) is 6.61 Å². The maximum absolute atomic E-state index is 13.1. The summed E-state index contributed by atoms with van der Waals surface area (Å²) in [4.78, 5) is 68.3. The third-order valence-electron chi connectivity index (χ3n) is 37.9. The van der Waals surface area contributed by atoms with Crippen LogP contribution < -0.4 is 27.3 Å². The van der Waals surface area contributed by atoms with Crippen LogP contribution in [0.25, 0.3) is 0 Å². The lowest BCUT2D eigenvalue weighted by Crippen LogP contribution is -2.78. The van der Waals surface area contributed by atoms with Gasteiger partial charge in [-0.05, 0) is 248 Å². The first-order valence-electron chi connectivity index (χ1n) is 52.6. The summed E-state index contributed by atoms with van der Waals surface area (Å²) in [6.45, 7) is 20.4. The van der Waals surface area contributed by atoms with Crippen LogP contribution in [0.3, 0.4) is 0 Å². The Labute approximate surface area is 884 Å². The molecule has 7 saturated heterocycles. The van der Waals surface area contributed by atoms with Gasteiger partial charge < -0.3 is 78.7 Å². The normalized spacial score (nSPS) is 39.0. The standard InChI is InChI=1S/C21H26BClO5.C19H22BF3O5.C18H21BCl2O5.C18H22BClO5.C17H24O3.C15H23BO5/c1-26-21(15-9-10-19(23)18(12-15)22(24)25)20(27-28-21)14-6-4-8-17(20)16-7-3-2-5-13(16)11-14;21-17(22,23)10-26-19(13-2-1-3-16(9-13)20(24)25)18(27-28-19)14-5-11-4-12(7-14)8-15(18)6-11;1-24-18(11-2-3-15(20)14(6-11)19(22)23)17(25-26-18)12-4-10-5-13(17)9-16(21,7-10)8-12;1-23-18(12-3-2-4-15(7-12)19(21)22)17(24-25-18)13-5-11-6-14(17)10-16(20,8-11)9-13;1-12-8-7-9-13(10-12)16-17(20-19-16,14(2,3)4)15(5,6)11-18-16;1-10(2)14(11(3)4)15(19-5,21-20-14)12-7-6-8-13(9-12)16(17)18/h9-10,12,14,17,24-25H,2-8,11H2,1H3;1-3,9,11-12,14-15,24-25H,4-8,10H2;2-3,6,10,12-13,22-23H,4-5,7-9H2,1H3;2-4,7,11,13-14,21-22H,5-6,8-10H2,1H3;7-10H,11H2,1-6H3;6-11,17-18H,1-5H3. The van der Waals surface area contributed by atoms with Crippen LogP contribution in [0.4, 0.5) is 13.2 Å². The molecular formula is C108H138B5Cl4F3O28. The Bertz CT molecular complexity index is 5840. The van der Waals surface area contributed by atoms with E-state index >= 15 is 0 Å². The van der Waals surface area contributed by atoms with Gasteiger partial charge in [0, 0.05) is 115 Å². The molecule has 28 nitrogen and oxygen atoms in total. The lowest BCUT2D eigenvalue weighted by Gasteiger charge is -2.70. The number of alkyl halides is 5. The largest absolute Gasteiger partial charge is 0.489 e. The van der Waals surface area contributed by atoms with Crippen molar-refractivity contribution in [1.29, 1.82) is 0 Å². The monoisotopic (exact) mass is 2130 g/mol. The van der Waals surface area contributed by atoms with Crippen molar-refractivity contribution in [2.24, 2.45) is 93.7 Å². The Kier molecular flexibility index (Phi) is 29.5. The summed E-state index contributed by atoms with van der Waals surface area (Å²) in [6.07, 6.45) is 19.6. The first kappa shape index (κ1) is 110. The van der Waals surface area contributed by atoms with Crippen LogP contribution in [-0.2, 0) is 122 Å². The van der Waals surface area contributed by atoms with Gasteiger partial charge in [0.05, 0.1) is 6.61 Å². The van der Waals surface area contributed by atoms with E-state index in [-0.39, 0.29) is 95.3 Å². The van der Waals surface area contributed by atoms with E-state index in [0.717, 1.165) is 132 Å². The summed E-state index contributed by atoms with van der Waals surface area (Å²) in [6, 6.07) is 38.7. The minimum atomic E-state index is -4.52. The van der Waals surface area contributed by atoms with E-state index in [2.05, 4.69) is 87.4 Å². The van der Waals surface area contributed by atoms with E-state index in [1.165, 1.54) is 49.8 Å². The van der Waals surface area contributed by atoms with Gasteiger partial charge in [0.25, 0.3) is 34.7 Å². The number of hydrogen-bond donors (Lipinski definition) is 10. The molecular weight excluding hydrogens is 2000 g/mol. The van der Waals surface area contributed by atoms with Crippen molar-refractivity contribution in [1.82, 2.24) is 0 Å². The number of hydrogen-bond acceptors (Lipinski definition) is 28. The van der Waals surface area contributed by atoms with Crippen molar-refractivity contribution in [3.05, 3.63) is 194 Å². The fraction of sp³-hybridized carbons (Fsp3) is 0.648. The number of ether oxygens (including phenoxy) is 6.